The fraction of sp³-hybridized carbons (Fsp3) is 0.429. The molecule has 0 aromatic heterocycles. The van der Waals surface area contributed by atoms with E-state index in [1.807, 2.05) is 13.8 Å². The van der Waals surface area contributed by atoms with E-state index in [2.05, 4.69) is 4.40 Å². The van der Waals surface area contributed by atoms with Crippen LogP contribution in [0.3, 0.4) is 0 Å². The van der Waals surface area contributed by atoms with Crippen LogP contribution in [0, 0.1) is 27.7 Å². The molecular weight excluding hydrogens is 306 g/mol. The molecule has 22 heavy (non-hydrogen) atoms. The van der Waals surface area contributed by atoms with E-state index in [9.17, 15) is 13.2 Å². The molecular formula is C14H19N3O4S. The van der Waals surface area contributed by atoms with Crippen molar-refractivity contribution in [2.24, 2.45) is 10.1 Å². The van der Waals surface area contributed by atoms with Crippen molar-refractivity contribution in [2.45, 2.75) is 39.5 Å². The number of nitrogens with two attached hydrogens (primary N) is 1. The summed E-state index contributed by atoms with van der Waals surface area (Å²) in [4.78, 5) is 13.2. The number of hydrogen-bond donors (Lipinski definition) is 1. The van der Waals surface area contributed by atoms with Crippen LogP contribution < -0.4 is 10.6 Å². The van der Waals surface area contributed by atoms with Crippen molar-refractivity contribution >= 4 is 27.8 Å². The van der Waals surface area contributed by atoms with Crippen LogP contribution in [0.25, 0.3) is 0 Å². The van der Waals surface area contributed by atoms with Gasteiger partial charge in [0.15, 0.2) is 0 Å². The van der Waals surface area contributed by atoms with Crippen molar-refractivity contribution in [3.8, 4) is 0 Å². The quantitative estimate of drug-likeness (QED) is 0.849. The number of nitrogens with zero attached hydrogens (tertiary/aromatic N) is 2. The van der Waals surface area contributed by atoms with Gasteiger partial charge in [-0.25, -0.2) is 9.69 Å². The molecule has 0 radical (unpaired) electrons. The van der Waals surface area contributed by atoms with Gasteiger partial charge in [0, 0.05) is 0 Å². The first-order valence-corrected chi connectivity index (χ1v) is 8.25. The minimum atomic E-state index is -3.95. The lowest BCUT2D eigenvalue weighted by molar-refractivity contribution is 0.163. The number of amides is 1. The third-order valence-electron chi connectivity index (χ3n) is 3.97. The van der Waals surface area contributed by atoms with Crippen LogP contribution in [0.2, 0.25) is 0 Å². The largest absolute Gasteiger partial charge is 0.449 e. The molecule has 1 aromatic carbocycles. The Balaban J connectivity index is 2.90. The Labute approximate surface area is 129 Å². The highest BCUT2D eigenvalue weighted by molar-refractivity contribution is 7.90. The van der Waals surface area contributed by atoms with Gasteiger partial charge in [-0.15, -0.1) is 4.40 Å². The number of anilines is 1. The van der Waals surface area contributed by atoms with E-state index in [4.69, 9.17) is 10.5 Å². The summed E-state index contributed by atoms with van der Waals surface area (Å²) in [7, 11) is -3.95. The third-order valence-corrected chi connectivity index (χ3v) is 5.42. The van der Waals surface area contributed by atoms with Gasteiger partial charge in [0.25, 0.3) is 10.0 Å². The maximum atomic E-state index is 12.4. The van der Waals surface area contributed by atoms with Crippen LogP contribution in [0.1, 0.15) is 29.2 Å². The first kappa shape index (κ1) is 16.3. The van der Waals surface area contributed by atoms with Crippen LogP contribution in [-0.2, 0) is 14.8 Å². The van der Waals surface area contributed by atoms with Crippen molar-refractivity contribution in [1.29, 1.82) is 0 Å². The number of rotatable bonds is 1. The van der Waals surface area contributed by atoms with E-state index in [1.54, 1.807) is 20.8 Å². The molecule has 1 heterocycles. The highest BCUT2D eigenvalue weighted by Gasteiger charge is 2.38. The predicted molar refractivity (Wildman–Crippen MR) is 83.7 cm³/mol. The van der Waals surface area contributed by atoms with E-state index in [0.717, 1.165) is 16.0 Å². The fourth-order valence-electron chi connectivity index (χ4n) is 2.54. The average Bonchev–Trinajstić information content (AvgIpc) is 2.41. The molecule has 1 amide bonds. The lowest BCUT2D eigenvalue weighted by atomic mass is 9.97. The summed E-state index contributed by atoms with van der Waals surface area (Å²) in [6.07, 6.45) is -0.745. The maximum Gasteiger partial charge on any atom is 0.421 e. The Hall–Kier alpha value is -2.09. The molecule has 120 valence electrons. The molecule has 0 unspecified atom stereocenters. The molecule has 7 nitrogen and oxygen atoms in total. The normalized spacial score (nSPS) is 16.0. The Kier molecular flexibility index (Phi) is 3.90. The third kappa shape index (κ3) is 2.23. The summed E-state index contributed by atoms with van der Waals surface area (Å²) in [6.45, 7) is 8.96. The number of carbonyl (C=O) groups excluding carboxylic acids is 1. The smallest absolute Gasteiger partial charge is 0.421 e. The molecule has 0 fully saturated rings. The molecule has 0 spiro atoms. The van der Waals surface area contributed by atoms with Gasteiger partial charge in [0.05, 0.1) is 12.3 Å². The molecule has 0 saturated heterocycles. The van der Waals surface area contributed by atoms with Gasteiger partial charge in [0.2, 0.25) is 5.96 Å². The molecule has 0 atom stereocenters. The van der Waals surface area contributed by atoms with Crippen LogP contribution in [0.15, 0.2) is 9.29 Å². The van der Waals surface area contributed by atoms with Gasteiger partial charge in [-0.05, 0) is 56.9 Å². The van der Waals surface area contributed by atoms with Crippen LogP contribution in [0.5, 0.6) is 0 Å². The molecule has 1 aromatic rings. The first-order chi connectivity index (χ1) is 10.1. The van der Waals surface area contributed by atoms with E-state index in [0.29, 0.717) is 11.1 Å². The highest BCUT2D eigenvalue weighted by atomic mass is 32.2. The Morgan fingerprint density at radius 3 is 2.23 bits per heavy atom. The lowest BCUT2D eigenvalue weighted by Crippen LogP contribution is -2.46. The van der Waals surface area contributed by atoms with Crippen molar-refractivity contribution in [2.75, 3.05) is 11.5 Å². The van der Waals surface area contributed by atoms with Crippen molar-refractivity contribution < 1.29 is 17.9 Å². The number of fused-ring (bicyclic) bond motifs is 1. The summed E-state index contributed by atoms with van der Waals surface area (Å²) in [6, 6.07) is 0. The second-order valence-corrected chi connectivity index (χ2v) is 6.68. The van der Waals surface area contributed by atoms with E-state index in [1.165, 1.54) is 0 Å². The van der Waals surface area contributed by atoms with Crippen molar-refractivity contribution in [3.05, 3.63) is 22.3 Å². The molecule has 0 saturated carbocycles. The topological polar surface area (TPSA) is 102 Å². The Morgan fingerprint density at radius 1 is 1.14 bits per heavy atom. The van der Waals surface area contributed by atoms with Crippen molar-refractivity contribution in [1.82, 2.24) is 0 Å². The van der Waals surface area contributed by atoms with Crippen LogP contribution in [-0.4, -0.2) is 27.1 Å². The molecule has 2 N–H and O–H groups in total. The number of hydrogen-bond acceptors (Lipinski definition) is 5. The highest BCUT2D eigenvalue weighted by Crippen LogP contribution is 2.40. The first-order valence-electron chi connectivity index (χ1n) is 6.81. The number of guanidine groups is 1. The zero-order valence-corrected chi connectivity index (χ0v) is 14.0. The number of ether oxygens (including phenoxy) is 1. The fourth-order valence-corrected chi connectivity index (χ4v) is 3.99. The number of carbonyl (C=O) groups is 1. The van der Waals surface area contributed by atoms with Gasteiger partial charge >= 0.3 is 6.09 Å². The summed E-state index contributed by atoms with van der Waals surface area (Å²) in [5, 5.41) is 0. The molecule has 2 rings (SSSR count). The van der Waals surface area contributed by atoms with Crippen LogP contribution >= 0.6 is 0 Å². The minimum absolute atomic E-state index is 0.00959. The van der Waals surface area contributed by atoms with E-state index >= 15 is 0 Å². The van der Waals surface area contributed by atoms with Gasteiger partial charge in [0.1, 0.15) is 4.90 Å². The monoisotopic (exact) mass is 325 g/mol. The van der Waals surface area contributed by atoms with E-state index < -0.39 is 22.1 Å². The van der Waals surface area contributed by atoms with Crippen molar-refractivity contribution in [3.63, 3.8) is 0 Å². The SMILES string of the molecule is CCOC(=O)N1C(N)=NS(=O)(=O)c2c(C)c(C)c(C)c(C)c21. The second-order valence-electron chi connectivity index (χ2n) is 5.14. The summed E-state index contributed by atoms with van der Waals surface area (Å²) in [5.74, 6) is -0.406. The maximum absolute atomic E-state index is 12.4. The Morgan fingerprint density at radius 2 is 1.68 bits per heavy atom. The summed E-state index contributed by atoms with van der Waals surface area (Å²) < 4.78 is 33.3. The molecule has 0 bridgehead atoms. The van der Waals surface area contributed by atoms with Gasteiger partial charge in [-0.3, -0.25) is 0 Å². The van der Waals surface area contributed by atoms with Gasteiger partial charge in [-0.1, -0.05) is 0 Å². The van der Waals surface area contributed by atoms with E-state index in [-0.39, 0.29) is 17.2 Å². The lowest BCUT2D eigenvalue weighted by Gasteiger charge is -2.30. The van der Waals surface area contributed by atoms with Crippen LogP contribution in [0.4, 0.5) is 10.5 Å². The standard InChI is InChI=1S/C14H19N3O4S/c1-6-21-14(18)17-11-9(4)7(2)8(3)10(5)12(11)22(19,20)16-13(17)15/h6H2,1-5H3,(H2,15,16). The van der Waals surface area contributed by atoms with Gasteiger partial charge in [-0.2, -0.15) is 8.42 Å². The number of sulfonamides is 1. The zero-order chi connectivity index (χ0) is 16.8. The number of benzene rings is 1. The summed E-state index contributed by atoms with van der Waals surface area (Å²) >= 11 is 0. The molecule has 0 aliphatic carbocycles. The second kappa shape index (κ2) is 5.28. The van der Waals surface area contributed by atoms with Gasteiger partial charge < -0.3 is 10.5 Å². The molecule has 1 aliphatic heterocycles. The Bertz CT molecular complexity index is 797. The average molecular weight is 325 g/mol. The zero-order valence-electron chi connectivity index (χ0n) is 13.2. The predicted octanol–water partition coefficient (Wildman–Crippen LogP) is 1.90. The minimum Gasteiger partial charge on any atom is -0.449 e. The molecule has 1 aliphatic rings. The summed E-state index contributed by atoms with van der Waals surface area (Å²) in [5.41, 5.74) is 8.90. The molecule has 8 heteroatoms.